The summed E-state index contributed by atoms with van der Waals surface area (Å²) in [5.41, 5.74) is 14.7. The first-order chi connectivity index (χ1) is 11.2. The van der Waals surface area contributed by atoms with Crippen LogP contribution in [-0.2, 0) is 5.41 Å². The standard InChI is InChI=1S/C21H27N3/c1-13-7-10-17-23-20(21(4,5)6)19(24(17)12-13)18(22)16-9-8-14(2)15(3)11-16/h7-12,18H,22H2,1-6H3. The average Bonchev–Trinajstić information content (AvgIpc) is 2.88. The molecule has 1 aromatic carbocycles. The molecule has 126 valence electrons. The summed E-state index contributed by atoms with van der Waals surface area (Å²) in [5, 5.41) is 0. The van der Waals surface area contributed by atoms with Gasteiger partial charge in [-0.1, -0.05) is 45.0 Å². The number of rotatable bonds is 2. The van der Waals surface area contributed by atoms with Gasteiger partial charge < -0.3 is 10.1 Å². The second kappa shape index (κ2) is 5.75. The maximum atomic E-state index is 6.73. The number of hydrogen-bond acceptors (Lipinski definition) is 2. The summed E-state index contributed by atoms with van der Waals surface area (Å²) in [4.78, 5) is 4.89. The summed E-state index contributed by atoms with van der Waals surface area (Å²) in [6.07, 6.45) is 2.13. The first kappa shape index (κ1) is 16.7. The van der Waals surface area contributed by atoms with Gasteiger partial charge in [0.25, 0.3) is 0 Å². The van der Waals surface area contributed by atoms with Crippen LogP contribution in [0.15, 0.2) is 36.5 Å². The smallest absolute Gasteiger partial charge is 0.137 e. The maximum absolute atomic E-state index is 6.73. The predicted molar refractivity (Wildman–Crippen MR) is 101 cm³/mol. The molecule has 2 aromatic heterocycles. The van der Waals surface area contributed by atoms with E-state index in [0.29, 0.717) is 0 Å². The van der Waals surface area contributed by atoms with E-state index in [1.54, 1.807) is 0 Å². The monoisotopic (exact) mass is 321 g/mol. The molecule has 1 unspecified atom stereocenters. The fourth-order valence-electron chi connectivity index (χ4n) is 3.13. The molecule has 3 heteroatoms. The molecule has 3 rings (SSSR count). The number of pyridine rings is 1. The number of aromatic nitrogens is 2. The highest BCUT2D eigenvalue weighted by molar-refractivity contribution is 5.49. The number of nitrogens with two attached hydrogens (primary N) is 1. The quantitative estimate of drug-likeness (QED) is 0.749. The lowest BCUT2D eigenvalue weighted by molar-refractivity contribution is 0.558. The molecule has 0 aliphatic carbocycles. The molecule has 0 fully saturated rings. The molecule has 0 amide bonds. The van der Waals surface area contributed by atoms with E-state index in [-0.39, 0.29) is 11.5 Å². The minimum atomic E-state index is -0.199. The zero-order valence-corrected chi connectivity index (χ0v) is 15.5. The zero-order valence-electron chi connectivity index (χ0n) is 15.5. The molecule has 0 aliphatic rings. The summed E-state index contributed by atoms with van der Waals surface area (Å²) < 4.78 is 2.16. The van der Waals surface area contributed by atoms with E-state index in [1.807, 2.05) is 0 Å². The highest BCUT2D eigenvalue weighted by atomic mass is 15.0. The predicted octanol–water partition coefficient (Wildman–Crippen LogP) is 4.61. The van der Waals surface area contributed by atoms with Gasteiger partial charge in [0.05, 0.1) is 17.4 Å². The molecule has 0 spiro atoms. The zero-order chi connectivity index (χ0) is 17.6. The van der Waals surface area contributed by atoms with Crippen molar-refractivity contribution < 1.29 is 0 Å². The molecule has 0 bridgehead atoms. The first-order valence-electron chi connectivity index (χ1n) is 8.50. The van der Waals surface area contributed by atoms with E-state index >= 15 is 0 Å². The minimum absolute atomic E-state index is 0.0629. The van der Waals surface area contributed by atoms with Gasteiger partial charge in [-0.3, -0.25) is 0 Å². The second-order valence-corrected chi connectivity index (χ2v) is 7.85. The van der Waals surface area contributed by atoms with Crippen LogP contribution in [0.5, 0.6) is 0 Å². The summed E-state index contributed by atoms with van der Waals surface area (Å²) in [5.74, 6) is 0. The van der Waals surface area contributed by atoms with E-state index in [1.165, 1.54) is 16.7 Å². The van der Waals surface area contributed by atoms with Crippen LogP contribution in [0.25, 0.3) is 5.65 Å². The van der Waals surface area contributed by atoms with Crippen molar-refractivity contribution in [2.45, 2.75) is 53.0 Å². The van der Waals surface area contributed by atoms with Gasteiger partial charge in [0.1, 0.15) is 5.65 Å². The average molecular weight is 321 g/mol. The van der Waals surface area contributed by atoms with Gasteiger partial charge in [-0.2, -0.15) is 0 Å². The number of hydrogen-bond donors (Lipinski definition) is 1. The van der Waals surface area contributed by atoms with E-state index in [0.717, 1.165) is 22.6 Å². The second-order valence-electron chi connectivity index (χ2n) is 7.85. The Morgan fingerprint density at radius 2 is 1.71 bits per heavy atom. The van der Waals surface area contributed by atoms with Crippen LogP contribution >= 0.6 is 0 Å². The number of aryl methyl sites for hydroxylation is 3. The highest BCUT2D eigenvalue weighted by Crippen LogP contribution is 2.32. The van der Waals surface area contributed by atoms with Gasteiger partial charge in [-0.25, -0.2) is 4.98 Å². The van der Waals surface area contributed by atoms with Crippen molar-refractivity contribution in [2.24, 2.45) is 5.73 Å². The van der Waals surface area contributed by atoms with Crippen LogP contribution in [0.3, 0.4) is 0 Å². The van der Waals surface area contributed by atoms with E-state index in [2.05, 4.69) is 82.5 Å². The summed E-state index contributed by atoms with van der Waals surface area (Å²) in [6.45, 7) is 12.9. The molecule has 2 N–H and O–H groups in total. The van der Waals surface area contributed by atoms with Crippen molar-refractivity contribution in [3.63, 3.8) is 0 Å². The molecular formula is C21H27N3. The maximum Gasteiger partial charge on any atom is 0.137 e. The normalized spacial score (nSPS) is 13.5. The first-order valence-corrected chi connectivity index (χ1v) is 8.50. The summed E-state index contributed by atoms with van der Waals surface area (Å²) in [7, 11) is 0. The number of fused-ring (bicyclic) bond motifs is 1. The van der Waals surface area contributed by atoms with Crippen molar-refractivity contribution in [3.05, 3.63) is 70.2 Å². The Kier molecular flexibility index (Phi) is 4.00. The molecule has 3 aromatic rings. The topological polar surface area (TPSA) is 43.3 Å². The van der Waals surface area contributed by atoms with Gasteiger partial charge in [-0.15, -0.1) is 0 Å². The number of imidazole rings is 1. The van der Waals surface area contributed by atoms with E-state index in [9.17, 15) is 0 Å². The van der Waals surface area contributed by atoms with Crippen molar-refractivity contribution in [1.82, 2.24) is 9.38 Å². The molecule has 0 saturated carbocycles. The van der Waals surface area contributed by atoms with Crippen molar-refractivity contribution in [1.29, 1.82) is 0 Å². The third-order valence-electron chi connectivity index (χ3n) is 4.70. The van der Waals surface area contributed by atoms with E-state index in [4.69, 9.17) is 10.7 Å². The Hall–Kier alpha value is -2.13. The van der Waals surface area contributed by atoms with Crippen molar-refractivity contribution in [3.8, 4) is 0 Å². The third kappa shape index (κ3) is 2.84. The summed E-state index contributed by atoms with van der Waals surface area (Å²) >= 11 is 0. The van der Waals surface area contributed by atoms with Gasteiger partial charge in [0.15, 0.2) is 0 Å². The molecule has 1 atom stereocenters. The van der Waals surface area contributed by atoms with Gasteiger partial charge >= 0.3 is 0 Å². The molecule has 3 nitrogen and oxygen atoms in total. The lowest BCUT2D eigenvalue weighted by Crippen LogP contribution is -2.22. The lowest BCUT2D eigenvalue weighted by atomic mass is 9.87. The van der Waals surface area contributed by atoms with Crippen LogP contribution in [0, 0.1) is 20.8 Å². The Morgan fingerprint density at radius 3 is 2.33 bits per heavy atom. The SMILES string of the molecule is Cc1ccc2nc(C(C)(C)C)c(C(N)c3ccc(C)c(C)c3)n2c1. The van der Waals surface area contributed by atoms with Crippen LogP contribution < -0.4 is 5.73 Å². The third-order valence-corrected chi connectivity index (χ3v) is 4.70. The molecule has 0 saturated heterocycles. The molecular weight excluding hydrogens is 294 g/mol. The minimum Gasteiger partial charge on any atom is -0.319 e. The highest BCUT2D eigenvalue weighted by Gasteiger charge is 2.28. The van der Waals surface area contributed by atoms with Crippen LogP contribution in [0.2, 0.25) is 0 Å². The Balaban J connectivity index is 2.26. The van der Waals surface area contributed by atoms with Crippen molar-refractivity contribution in [2.75, 3.05) is 0 Å². The molecule has 0 radical (unpaired) electrons. The fourth-order valence-corrected chi connectivity index (χ4v) is 3.13. The van der Waals surface area contributed by atoms with E-state index < -0.39 is 0 Å². The largest absolute Gasteiger partial charge is 0.319 e. The van der Waals surface area contributed by atoms with Crippen molar-refractivity contribution >= 4 is 5.65 Å². The van der Waals surface area contributed by atoms with Gasteiger partial charge in [0.2, 0.25) is 0 Å². The number of nitrogens with zero attached hydrogens (tertiary/aromatic N) is 2. The van der Waals surface area contributed by atoms with Crippen LogP contribution in [0.4, 0.5) is 0 Å². The lowest BCUT2D eigenvalue weighted by Gasteiger charge is -2.22. The van der Waals surface area contributed by atoms with Crippen LogP contribution in [-0.4, -0.2) is 9.38 Å². The molecule has 0 aliphatic heterocycles. The Bertz CT molecular complexity index is 897. The molecule has 24 heavy (non-hydrogen) atoms. The van der Waals surface area contributed by atoms with Crippen LogP contribution in [0.1, 0.15) is 60.5 Å². The fraction of sp³-hybridized carbons (Fsp3) is 0.381. The Morgan fingerprint density at radius 1 is 1.00 bits per heavy atom. The molecule has 2 heterocycles. The van der Waals surface area contributed by atoms with Gasteiger partial charge in [-0.05, 0) is 49.1 Å². The summed E-state index contributed by atoms with van der Waals surface area (Å²) in [6, 6.07) is 10.4. The number of benzene rings is 1. The van der Waals surface area contributed by atoms with Gasteiger partial charge in [0, 0.05) is 11.6 Å². The Labute approximate surface area is 144 Å².